The number of hydrogen-bond donors (Lipinski definition) is 1. The van der Waals surface area contributed by atoms with Crippen LogP contribution in [-0.2, 0) is 11.2 Å². The van der Waals surface area contributed by atoms with E-state index in [0.717, 1.165) is 54.3 Å². The van der Waals surface area contributed by atoms with Crippen LogP contribution in [-0.4, -0.2) is 44.1 Å². The van der Waals surface area contributed by atoms with E-state index in [-0.39, 0.29) is 5.91 Å². The molecule has 2 aromatic rings. The molecule has 1 aliphatic heterocycles. The number of H-pyrrole nitrogens is 1. The monoisotopic (exact) mass is 313 g/mol. The van der Waals surface area contributed by atoms with E-state index in [1.54, 1.807) is 6.20 Å². The maximum Gasteiger partial charge on any atom is 0.227 e. The second-order valence-corrected chi connectivity index (χ2v) is 6.33. The van der Waals surface area contributed by atoms with E-state index in [9.17, 15) is 4.79 Å². The van der Waals surface area contributed by atoms with E-state index in [2.05, 4.69) is 20.2 Å². The second-order valence-electron chi connectivity index (χ2n) is 6.33. The third kappa shape index (κ3) is 3.41. The van der Waals surface area contributed by atoms with Crippen molar-refractivity contribution in [1.82, 2.24) is 25.1 Å². The fraction of sp³-hybridized carbons (Fsp3) is 0.529. The number of rotatable bonds is 3. The lowest BCUT2D eigenvalue weighted by Gasteiger charge is -2.31. The van der Waals surface area contributed by atoms with Crippen LogP contribution in [0.5, 0.6) is 0 Å². The normalized spacial score (nSPS) is 15.9. The molecule has 6 heteroatoms. The molecule has 0 spiro atoms. The van der Waals surface area contributed by atoms with E-state index in [1.807, 2.05) is 31.9 Å². The van der Waals surface area contributed by atoms with E-state index in [4.69, 9.17) is 0 Å². The van der Waals surface area contributed by atoms with Gasteiger partial charge in [0, 0.05) is 42.7 Å². The van der Waals surface area contributed by atoms with Gasteiger partial charge in [0.05, 0.1) is 23.5 Å². The summed E-state index contributed by atoms with van der Waals surface area (Å²) in [5.41, 5.74) is 4.94. The molecule has 6 nitrogen and oxygen atoms in total. The van der Waals surface area contributed by atoms with Gasteiger partial charge in [-0.2, -0.15) is 5.10 Å². The lowest BCUT2D eigenvalue weighted by Crippen LogP contribution is -2.39. The number of nitrogens with zero attached hydrogens (tertiary/aromatic N) is 4. The third-order valence-corrected chi connectivity index (χ3v) is 4.65. The Balaban J connectivity index is 1.59. The summed E-state index contributed by atoms with van der Waals surface area (Å²) >= 11 is 0. The van der Waals surface area contributed by atoms with Gasteiger partial charge >= 0.3 is 0 Å². The van der Waals surface area contributed by atoms with Crippen LogP contribution < -0.4 is 0 Å². The van der Waals surface area contributed by atoms with Crippen molar-refractivity contribution in [2.24, 2.45) is 0 Å². The van der Waals surface area contributed by atoms with Crippen LogP contribution in [0.3, 0.4) is 0 Å². The zero-order valence-corrected chi connectivity index (χ0v) is 14.0. The number of aromatic nitrogens is 4. The maximum absolute atomic E-state index is 12.5. The van der Waals surface area contributed by atoms with Crippen molar-refractivity contribution < 1.29 is 4.79 Å². The Morgan fingerprint density at radius 3 is 2.61 bits per heavy atom. The maximum atomic E-state index is 12.5. The van der Waals surface area contributed by atoms with Gasteiger partial charge < -0.3 is 4.90 Å². The molecule has 3 heterocycles. The van der Waals surface area contributed by atoms with Gasteiger partial charge in [-0.05, 0) is 33.6 Å². The molecular formula is C17H23N5O. The molecule has 0 saturated carbocycles. The number of nitrogens with one attached hydrogen (secondary N) is 1. The Hall–Kier alpha value is -2.24. The number of carbonyl (C=O) groups is 1. The first-order valence-electron chi connectivity index (χ1n) is 8.11. The largest absolute Gasteiger partial charge is 0.342 e. The van der Waals surface area contributed by atoms with E-state index in [0.29, 0.717) is 12.3 Å². The van der Waals surface area contributed by atoms with E-state index >= 15 is 0 Å². The SMILES string of the molecule is Cc1cncc(C2CCN(C(=O)Cc3c(C)n[nH]c3C)CC2)n1. The van der Waals surface area contributed by atoms with Crippen LogP contribution in [0.1, 0.15) is 47.1 Å². The Kier molecular flexibility index (Phi) is 4.41. The fourth-order valence-electron chi connectivity index (χ4n) is 3.20. The molecule has 1 N–H and O–H groups in total. The first kappa shape index (κ1) is 15.6. The van der Waals surface area contributed by atoms with Crippen molar-refractivity contribution in [2.45, 2.75) is 46.0 Å². The third-order valence-electron chi connectivity index (χ3n) is 4.65. The summed E-state index contributed by atoms with van der Waals surface area (Å²) in [6, 6.07) is 0. The Labute approximate surface area is 136 Å². The topological polar surface area (TPSA) is 74.8 Å². The Morgan fingerprint density at radius 1 is 1.26 bits per heavy atom. The van der Waals surface area contributed by atoms with Crippen molar-refractivity contribution in [3.05, 3.63) is 40.7 Å². The number of carbonyl (C=O) groups excluding carboxylic acids is 1. The van der Waals surface area contributed by atoms with Crippen molar-refractivity contribution in [1.29, 1.82) is 0 Å². The van der Waals surface area contributed by atoms with Gasteiger partial charge in [-0.1, -0.05) is 0 Å². The minimum Gasteiger partial charge on any atom is -0.342 e. The molecule has 0 atom stereocenters. The highest BCUT2D eigenvalue weighted by atomic mass is 16.2. The number of aromatic amines is 1. The summed E-state index contributed by atoms with van der Waals surface area (Å²) in [7, 11) is 0. The number of piperidine rings is 1. The molecule has 23 heavy (non-hydrogen) atoms. The fourth-order valence-corrected chi connectivity index (χ4v) is 3.20. The Morgan fingerprint density at radius 2 is 2.00 bits per heavy atom. The van der Waals surface area contributed by atoms with Crippen molar-refractivity contribution in [2.75, 3.05) is 13.1 Å². The first-order chi connectivity index (χ1) is 11.0. The molecule has 0 unspecified atom stereocenters. The first-order valence-corrected chi connectivity index (χ1v) is 8.11. The lowest BCUT2D eigenvalue weighted by atomic mass is 9.93. The molecule has 0 aliphatic carbocycles. The summed E-state index contributed by atoms with van der Waals surface area (Å²) in [5, 5.41) is 7.11. The van der Waals surface area contributed by atoms with Crippen LogP contribution >= 0.6 is 0 Å². The molecule has 1 saturated heterocycles. The summed E-state index contributed by atoms with van der Waals surface area (Å²) in [6.07, 6.45) is 5.97. The number of amides is 1. The molecule has 0 bridgehead atoms. The minimum absolute atomic E-state index is 0.186. The van der Waals surface area contributed by atoms with Crippen molar-refractivity contribution >= 4 is 5.91 Å². The molecule has 122 valence electrons. The number of hydrogen-bond acceptors (Lipinski definition) is 4. The molecule has 1 aliphatic rings. The zero-order chi connectivity index (χ0) is 16.4. The highest BCUT2D eigenvalue weighted by Crippen LogP contribution is 2.26. The molecule has 3 rings (SSSR count). The summed E-state index contributed by atoms with van der Waals surface area (Å²) in [4.78, 5) is 23.3. The van der Waals surface area contributed by atoms with Gasteiger partial charge in [-0.15, -0.1) is 0 Å². The van der Waals surface area contributed by atoms with Crippen LogP contribution in [0.25, 0.3) is 0 Å². The highest BCUT2D eigenvalue weighted by molar-refractivity contribution is 5.79. The van der Waals surface area contributed by atoms with Gasteiger partial charge in [0.1, 0.15) is 0 Å². The van der Waals surface area contributed by atoms with Gasteiger partial charge in [0.2, 0.25) is 5.91 Å². The predicted molar refractivity (Wildman–Crippen MR) is 87.1 cm³/mol. The second kappa shape index (κ2) is 6.48. The molecule has 2 aromatic heterocycles. The van der Waals surface area contributed by atoms with Crippen molar-refractivity contribution in [3.8, 4) is 0 Å². The van der Waals surface area contributed by atoms with Crippen LogP contribution in [0, 0.1) is 20.8 Å². The lowest BCUT2D eigenvalue weighted by molar-refractivity contribution is -0.131. The number of likely N-dealkylation sites (tertiary alicyclic amines) is 1. The molecular weight excluding hydrogens is 290 g/mol. The standard InChI is InChI=1S/C17H23N5O/c1-11-9-18-10-16(19-11)14-4-6-22(7-5-14)17(23)8-15-12(2)20-21-13(15)3/h9-10,14H,4-8H2,1-3H3,(H,20,21). The van der Waals surface area contributed by atoms with Gasteiger partial charge in [0.15, 0.2) is 0 Å². The average Bonchev–Trinajstić information content (AvgIpc) is 2.87. The average molecular weight is 313 g/mol. The number of aryl methyl sites for hydroxylation is 3. The molecule has 0 radical (unpaired) electrons. The smallest absolute Gasteiger partial charge is 0.227 e. The van der Waals surface area contributed by atoms with Crippen LogP contribution in [0.15, 0.2) is 12.4 Å². The van der Waals surface area contributed by atoms with Gasteiger partial charge in [0.25, 0.3) is 0 Å². The van der Waals surface area contributed by atoms with Crippen LogP contribution in [0.4, 0.5) is 0 Å². The minimum atomic E-state index is 0.186. The summed E-state index contributed by atoms with van der Waals surface area (Å²) in [5.74, 6) is 0.593. The molecule has 0 aromatic carbocycles. The summed E-state index contributed by atoms with van der Waals surface area (Å²) in [6.45, 7) is 7.44. The van der Waals surface area contributed by atoms with Gasteiger partial charge in [-0.25, -0.2) is 0 Å². The van der Waals surface area contributed by atoms with Crippen LogP contribution in [0.2, 0.25) is 0 Å². The zero-order valence-electron chi connectivity index (χ0n) is 14.0. The quantitative estimate of drug-likeness (QED) is 0.941. The van der Waals surface area contributed by atoms with Gasteiger partial charge in [-0.3, -0.25) is 19.9 Å². The predicted octanol–water partition coefficient (Wildman–Crippen LogP) is 2.07. The summed E-state index contributed by atoms with van der Waals surface area (Å²) < 4.78 is 0. The Bertz CT molecular complexity index is 681. The highest BCUT2D eigenvalue weighted by Gasteiger charge is 2.25. The molecule has 1 fully saturated rings. The van der Waals surface area contributed by atoms with E-state index in [1.165, 1.54) is 0 Å². The molecule has 1 amide bonds. The van der Waals surface area contributed by atoms with Crippen molar-refractivity contribution in [3.63, 3.8) is 0 Å². The van der Waals surface area contributed by atoms with E-state index < -0.39 is 0 Å².